The van der Waals surface area contributed by atoms with E-state index in [1.54, 1.807) is 7.11 Å². The van der Waals surface area contributed by atoms with Gasteiger partial charge in [0, 0.05) is 24.9 Å². The van der Waals surface area contributed by atoms with Crippen LogP contribution >= 0.6 is 0 Å². The predicted molar refractivity (Wildman–Crippen MR) is 84.0 cm³/mol. The molecule has 1 heterocycles. The van der Waals surface area contributed by atoms with Crippen LogP contribution in [0.2, 0.25) is 0 Å². The van der Waals surface area contributed by atoms with E-state index in [4.69, 9.17) is 14.2 Å². The van der Waals surface area contributed by atoms with Crippen LogP contribution in [0, 0.1) is 5.92 Å². The summed E-state index contributed by atoms with van der Waals surface area (Å²) in [4.78, 5) is 0. The lowest BCUT2D eigenvalue weighted by Gasteiger charge is -2.25. The van der Waals surface area contributed by atoms with Gasteiger partial charge in [0.2, 0.25) is 0 Å². The van der Waals surface area contributed by atoms with Crippen molar-refractivity contribution >= 4 is 0 Å². The fourth-order valence-corrected chi connectivity index (χ4v) is 2.40. The fraction of sp³-hybridized carbons (Fsp3) is 0.647. The number of hydrogen-bond donors (Lipinski definition) is 1. The van der Waals surface area contributed by atoms with Crippen molar-refractivity contribution in [1.82, 2.24) is 5.32 Å². The van der Waals surface area contributed by atoms with Gasteiger partial charge in [-0.1, -0.05) is 13.8 Å². The Hall–Kier alpha value is -1.26. The van der Waals surface area contributed by atoms with Crippen molar-refractivity contribution in [2.45, 2.75) is 39.3 Å². The first-order valence-electron chi connectivity index (χ1n) is 7.81. The Labute approximate surface area is 127 Å². The average Bonchev–Trinajstić information content (AvgIpc) is 2.49. The third kappa shape index (κ3) is 5.21. The molecule has 1 aliphatic heterocycles. The van der Waals surface area contributed by atoms with E-state index in [2.05, 4.69) is 25.2 Å². The lowest BCUT2D eigenvalue weighted by atomic mass is 10.1. The van der Waals surface area contributed by atoms with Crippen molar-refractivity contribution in [3.8, 4) is 11.5 Å². The molecule has 0 bridgehead atoms. The Morgan fingerprint density at radius 1 is 1.29 bits per heavy atom. The summed E-state index contributed by atoms with van der Waals surface area (Å²) >= 11 is 0. The van der Waals surface area contributed by atoms with Gasteiger partial charge in [-0.25, -0.2) is 0 Å². The molecule has 21 heavy (non-hydrogen) atoms. The van der Waals surface area contributed by atoms with E-state index in [0.29, 0.717) is 5.92 Å². The predicted octanol–water partition coefficient (Wildman–Crippen LogP) is 3.00. The molecule has 0 spiro atoms. The Bertz CT molecular complexity index is 428. The number of nitrogens with one attached hydrogen (secondary N) is 1. The van der Waals surface area contributed by atoms with Gasteiger partial charge in [0.1, 0.15) is 17.6 Å². The minimum atomic E-state index is 0.260. The van der Waals surface area contributed by atoms with E-state index in [1.165, 1.54) is 0 Å². The van der Waals surface area contributed by atoms with Crippen molar-refractivity contribution in [2.75, 3.05) is 26.9 Å². The number of hydrogen-bond acceptors (Lipinski definition) is 4. The van der Waals surface area contributed by atoms with Gasteiger partial charge < -0.3 is 19.5 Å². The molecule has 0 radical (unpaired) electrons. The Morgan fingerprint density at radius 2 is 2.05 bits per heavy atom. The lowest BCUT2D eigenvalue weighted by molar-refractivity contribution is 0.0251. The van der Waals surface area contributed by atoms with E-state index in [1.807, 2.05) is 12.1 Å². The van der Waals surface area contributed by atoms with Crippen LogP contribution in [0.25, 0.3) is 0 Å². The van der Waals surface area contributed by atoms with Crippen LogP contribution in [-0.2, 0) is 11.3 Å². The second-order valence-corrected chi connectivity index (χ2v) is 5.93. The first-order valence-corrected chi connectivity index (χ1v) is 7.81. The van der Waals surface area contributed by atoms with Gasteiger partial charge in [-0.3, -0.25) is 0 Å². The second-order valence-electron chi connectivity index (χ2n) is 5.93. The Morgan fingerprint density at radius 3 is 2.71 bits per heavy atom. The highest BCUT2D eigenvalue weighted by Crippen LogP contribution is 2.27. The molecule has 1 saturated heterocycles. The third-order valence-corrected chi connectivity index (χ3v) is 3.60. The van der Waals surface area contributed by atoms with E-state index in [-0.39, 0.29) is 6.10 Å². The smallest absolute Gasteiger partial charge is 0.124 e. The van der Waals surface area contributed by atoms with Crippen LogP contribution in [0.5, 0.6) is 11.5 Å². The third-order valence-electron chi connectivity index (χ3n) is 3.60. The quantitative estimate of drug-likeness (QED) is 0.839. The summed E-state index contributed by atoms with van der Waals surface area (Å²) in [5.74, 6) is 2.46. The van der Waals surface area contributed by atoms with Gasteiger partial charge >= 0.3 is 0 Å². The molecule has 0 aromatic heterocycles. The highest BCUT2D eigenvalue weighted by atomic mass is 16.5. The van der Waals surface area contributed by atoms with Gasteiger partial charge in [-0.05, 0) is 30.7 Å². The van der Waals surface area contributed by atoms with Crippen LogP contribution in [-0.4, -0.2) is 33.0 Å². The zero-order chi connectivity index (χ0) is 15.1. The summed E-state index contributed by atoms with van der Waals surface area (Å²) < 4.78 is 16.9. The van der Waals surface area contributed by atoms with Gasteiger partial charge in [-0.15, -0.1) is 0 Å². The summed E-state index contributed by atoms with van der Waals surface area (Å²) in [6, 6.07) is 6.03. The molecule has 1 aliphatic rings. The monoisotopic (exact) mass is 293 g/mol. The molecular weight excluding hydrogens is 266 g/mol. The fourth-order valence-electron chi connectivity index (χ4n) is 2.40. The maximum Gasteiger partial charge on any atom is 0.124 e. The molecule has 0 atom stereocenters. The first-order chi connectivity index (χ1) is 10.2. The summed E-state index contributed by atoms with van der Waals surface area (Å²) in [6.45, 7) is 7.79. The van der Waals surface area contributed by atoms with Crippen molar-refractivity contribution in [3.63, 3.8) is 0 Å². The molecule has 1 N–H and O–H groups in total. The number of methoxy groups -OCH3 is 1. The van der Waals surface area contributed by atoms with Crippen LogP contribution < -0.4 is 14.8 Å². The Balaban J connectivity index is 2.02. The SMILES string of the molecule is COc1ccc(OC2CCOCC2)c(CNCC(C)C)c1. The minimum Gasteiger partial charge on any atom is -0.497 e. The second kappa shape index (κ2) is 8.25. The molecule has 4 nitrogen and oxygen atoms in total. The van der Waals surface area contributed by atoms with E-state index >= 15 is 0 Å². The molecule has 0 amide bonds. The maximum absolute atomic E-state index is 6.17. The molecule has 0 saturated carbocycles. The number of ether oxygens (including phenoxy) is 3. The molecule has 1 aromatic rings. The number of rotatable bonds is 7. The van der Waals surface area contributed by atoms with Crippen LogP contribution in [0.15, 0.2) is 18.2 Å². The summed E-state index contributed by atoms with van der Waals surface area (Å²) in [5.41, 5.74) is 1.15. The molecule has 118 valence electrons. The van der Waals surface area contributed by atoms with E-state index in [0.717, 1.165) is 56.2 Å². The van der Waals surface area contributed by atoms with Crippen molar-refractivity contribution in [1.29, 1.82) is 0 Å². The standard InChI is InChI=1S/C17H27NO3/c1-13(2)11-18-12-14-10-16(19-3)4-5-17(14)21-15-6-8-20-9-7-15/h4-5,10,13,15,18H,6-9,11-12H2,1-3H3. The van der Waals surface area contributed by atoms with Crippen LogP contribution in [0.1, 0.15) is 32.3 Å². The first kappa shape index (κ1) is 16.1. The maximum atomic E-state index is 6.17. The topological polar surface area (TPSA) is 39.7 Å². The van der Waals surface area contributed by atoms with E-state index in [9.17, 15) is 0 Å². The highest BCUT2D eigenvalue weighted by molar-refractivity contribution is 5.40. The van der Waals surface area contributed by atoms with Gasteiger partial charge in [0.25, 0.3) is 0 Å². The summed E-state index contributed by atoms with van der Waals surface area (Å²) in [7, 11) is 1.69. The van der Waals surface area contributed by atoms with Crippen LogP contribution in [0.4, 0.5) is 0 Å². The van der Waals surface area contributed by atoms with Crippen LogP contribution in [0.3, 0.4) is 0 Å². The molecule has 2 rings (SSSR count). The van der Waals surface area contributed by atoms with Gasteiger partial charge in [0.15, 0.2) is 0 Å². The van der Waals surface area contributed by atoms with E-state index < -0.39 is 0 Å². The molecular formula is C17H27NO3. The molecule has 0 aliphatic carbocycles. The lowest BCUT2D eigenvalue weighted by Crippen LogP contribution is -2.27. The van der Waals surface area contributed by atoms with Gasteiger partial charge in [-0.2, -0.15) is 0 Å². The average molecular weight is 293 g/mol. The minimum absolute atomic E-state index is 0.260. The Kier molecular flexibility index (Phi) is 6.33. The summed E-state index contributed by atoms with van der Waals surface area (Å²) in [6.07, 6.45) is 2.19. The zero-order valence-corrected chi connectivity index (χ0v) is 13.4. The molecule has 1 fully saturated rings. The highest BCUT2D eigenvalue weighted by Gasteiger charge is 2.17. The van der Waals surface area contributed by atoms with Crippen molar-refractivity contribution in [3.05, 3.63) is 23.8 Å². The molecule has 1 aromatic carbocycles. The molecule has 4 heteroatoms. The van der Waals surface area contributed by atoms with Crippen molar-refractivity contribution in [2.24, 2.45) is 5.92 Å². The molecule has 0 unspecified atom stereocenters. The normalized spacial score (nSPS) is 16.2. The number of benzene rings is 1. The summed E-state index contributed by atoms with van der Waals surface area (Å²) in [5, 5.41) is 3.47. The van der Waals surface area contributed by atoms with Gasteiger partial charge in [0.05, 0.1) is 20.3 Å². The zero-order valence-electron chi connectivity index (χ0n) is 13.4. The largest absolute Gasteiger partial charge is 0.497 e. The van der Waals surface area contributed by atoms with Crippen molar-refractivity contribution < 1.29 is 14.2 Å².